The predicted octanol–water partition coefficient (Wildman–Crippen LogP) is 6.06. The Morgan fingerprint density at radius 2 is 1.77 bits per heavy atom. The molecule has 246 valence electrons. The van der Waals surface area contributed by atoms with Gasteiger partial charge in [-0.3, -0.25) is 9.48 Å². The van der Waals surface area contributed by atoms with Crippen molar-refractivity contribution < 1.29 is 19.4 Å². The fourth-order valence-electron chi connectivity index (χ4n) is 7.30. The summed E-state index contributed by atoms with van der Waals surface area (Å²) in [4.78, 5) is 27.3. The van der Waals surface area contributed by atoms with Crippen LogP contribution in [-0.2, 0) is 28.9 Å². The number of nitrogens with zero attached hydrogens (tertiary/aromatic N) is 3. The zero-order valence-electron chi connectivity index (χ0n) is 27.3. The number of aromatic amines is 1. The quantitative estimate of drug-likeness (QED) is 0.115. The predicted molar refractivity (Wildman–Crippen MR) is 187 cm³/mol. The van der Waals surface area contributed by atoms with E-state index >= 15 is 0 Å². The number of rotatable bonds is 13. The highest BCUT2D eigenvalue weighted by Gasteiger charge is 2.49. The summed E-state index contributed by atoms with van der Waals surface area (Å²) in [5.74, 6) is -0.0303. The summed E-state index contributed by atoms with van der Waals surface area (Å²) in [5, 5.41) is 22.9. The Morgan fingerprint density at radius 1 is 1.02 bits per heavy atom. The number of H-pyrrole nitrogens is 1. The number of amides is 1. The van der Waals surface area contributed by atoms with Crippen LogP contribution >= 0.6 is 0 Å². The second-order valence-corrected chi connectivity index (χ2v) is 17.4. The van der Waals surface area contributed by atoms with E-state index in [9.17, 15) is 14.7 Å². The lowest BCUT2D eigenvalue weighted by Gasteiger charge is -2.30. The van der Waals surface area contributed by atoms with Gasteiger partial charge in [-0.15, -0.1) is 5.10 Å². The maximum absolute atomic E-state index is 12.8. The SMILES string of the molecule is C[C@H]1[C@H]([Si](C)(C)O)[C@@H](CCn2cc(C(CO)c3ccccc3)nn2)O[C@H]1CCc1ccc(NC(=O)Cc2c[nH]c3ccccc23)cc1. The Kier molecular flexibility index (Phi) is 10.0. The van der Waals surface area contributed by atoms with Gasteiger partial charge >= 0.3 is 0 Å². The van der Waals surface area contributed by atoms with Crippen LogP contribution in [0, 0.1) is 5.92 Å². The van der Waals surface area contributed by atoms with E-state index in [4.69, 9.17) is 4.74 Å². The molecule has 47 heavy (non-hydrogen) atoms. The van der Waals surface area contributed by atoms with E-state index < -0.39 is 8.32 Å². The van der Waals surface area contributed by atoms with Gasteiger partial charge in [0.05, 0.1) is 36.8 Å². The molecular weight excluding hydrogens is 607 g/mol. The van der Waals surface area contributed by atoms with Gasteiger partial charge in [0.15, 0.2) is 8.32 Å². The number of anilines is 1. The molecule has 0 spiro atoms. The van der Waals surface area contributed by atoms with E-state index in [1.165, 1.54) is 5.56 Å². The molecule has 1 unspecified atom stereocenters. The summed E-state index contributed by atoms with van der Waals surface area (Å²) in [5.41, 5.74) is 5.83. The smallest absolute Gasteiger partial charge is 0.228 e. The highest BCUT2D eigenvalue weighted by Crippen LogP contribution is 2.45. The summed E-state index contributed by atoms with van der Waals surface area (Å²) < 4.78 is 8.50. The number of benzene rings is 3. The number of ether oxygens (including phenoxy) is 1. The third-order valence-corrected chi connectivity index (χ3v) is 12.2. The number of aromatic nitrogens is 4. The summed E-state index contributed by atoms with van der Waals surface area (Å²) in [6, 6.07) is 25.9. The van der Waals surface area contributed by atoms with Crippen molar-refractivity contribution >= 4 is 30.8 Å². The molecule has 3 heterocycles. The topological polar surface area (TPSA) is 125 Å². The fraction of sp³-hybridized carbons (Fsp3) is 0.378. The molecule has 1 aliphatic rings. The highest BCUT2D eigenvalue weighted by atomic mass is 28.4. The minimum Gasteiger partial charge on any atom is -0.432 e. The second kappa shape index (κ2) is 14.3. The average molecular weight is 652 g/mol. The van der Waals surface area contributed by atoms with E-state index in [0.717, 1.165) is 52.7 Å². The molecule has 1 aliphatic heterocycles. The van der Waals surface area contributed by atoms with Gasteiger partial charge in [-0.05, 0) is 73.2 Å². The lowest BCUT2D eigenvalue weighted by atomic mass is 9.95. The molecule has 1 amide bonds. The molecule has 0 saturated carbocycles. The molecule has 2 aromatic heterocycles. The maximum Gasteiger partial charge on any atom is 0.228 e. The van der Waals surface area contributed by atoms with Crippen LogP contribution in [0.25, 0.3) is 10.9 Å². The first kappa shape index (κ1) is 32.8. The van der Waals surface area contributed by atoms with Gasteiger partial charge in [0, 0.05) is 41.1 Å². The number of nitrogens with one attached hydrogen (secondary N) is 2. The number of carbonyl (C=O) groups excluding carboxylic acids is 1. The van der Waals surface area contributed by atoms with E-state index in [1.54, 1.807) is 0 Å². The van der Waals surface area contributed by atoms with Gasteiger partial charge in [-0.1, -0.05) is 72.8 Å². The number of fused-ring (bicyclic) bond motifs is 1. The molecule has 3 aromatic carbocycles. The molecule has 10 heteroatoms. The number of aliphatic hydroxyl groups is 1. The van der Waals surface area contributed by atoms with Crippen molar-refractivity contribution in [2.45, 2.75) is 75.9 Å². The Bertz CT molecular complexity index is 1760. The van der Waals surface area contributed by atoms with Crippen molar-refractivity contribution in [3.8, 4) is 0 Å². The first-order chi connectivity index (χ1) is 22.7. The van der Waals surface area contributed by atoms with Crippen molar-refractivity contribution in [1.82, 2.24) is 20.0 Å². The molecule has 0 aliphatic carbocycles. The van der Waals surface area contributed by atoms with Gasteiger partial charge in [0.1, 0.15) is 0 Å². The van der Waals surface area contributed by atoms with E-state index in [2.05, 4.69) is 39.7 Å². The number of aliphatic hydroxyl groups excluding tert-OH is 1. The average Bonchev–Trinajstić information content (AvgIpc) is 3.78. The number of hydrogen-bond acceptors (Lipinski definition) is 6. The molecule has 1 saturated heterocycles. The molecule has 5 atom stereocenters. The Hall–Kier alpha value is -4.09. The summed E-state index contributed by atoms with van der Waals surface area (Å²) in [6.07, 6.45) is 6.54. The third kappa shape index (κ3) is 7.73. The normalized spacial score (nSPS) is 20.4. The van der Waals surface area contributed by atoms with Gasteiger partial charge < -0.3 is 24.9 Å². The van der Waals surface area contributed by atoms with Crippen LogP contribution in [-0.4, -0.2) is 62.9 Å². The van der Waals surface area contributed by atoms with Crippen LogP contribution in [0.2, 0.25) is 18.6 Å². The lowest BCUT2D eigenvalue weighted by molar-refractivity contribution is -0.115. The molecule has 5 aromatic rings. The first-order valence-corrected chi connectivity index (χ1v) is 19.6. The van der Waals surface area contributed by atoms with Crippen LogP contribution in [0.4, 0.5) is 5.69 Å². The molecule has 1 fully saturated rings. The Balaban J connectivity index is 1.02. The largest absolute Gasteiger partial charge is 0.432 e. The van der Waals surface area contributed by atoms with Crippen LogP contribution in [0.15, 0.2) is 91.3 Å². The van der Waals surface area contributed by atoms with Crippen LogP contribution in [0.1, 0.15) is 48.1 Å². The Labute approximate surface area is 277 Å². The number of carbonyl (C=O) groups is 1. The molecular formula is C37H45N5O4Si. The number of para-hydroxylation sites is 1. The molecule has 4 N–H and O–H groups in total. The third-order valence-electron chi connectivity index (χ3n) is 9.64. The molecule has 0 bridgehead atoms. The van der Waals surface area contributed by atoms with E-state index in [-0.39, 0.29) is 42.1 Å². The van der Waals surface area contributed by atoms with Gasteiger partial charge in [0.2, 0.25) is 5.91 Å². The fourth-order valence-corrected chi connectivity index (χ4v) is 9.95. The zero-order valence-corrected chi connectivity index (χ0v) is 28.3. The lowest BCUT2D eigenvalue weighted by Crippen LogP contribution is -2.40. The van der Waals surface area contributed by atoms with Gasteiger partial charge in [0.25, 0.3) is 0 Å². The van der Waals surface area contributed by atoms with Crippen molar-refractivity contribution in [3.63, 3.8) is 0 Å². The maximum atomic E-state index is 12.8. The second-order valence-electron chi connectivity index (χ2n) is 13.4. The van der Waals surface area contributed by atoms with E-state index in [1.807, 2.05) is 96.9 Å². The number of hydrogen-bond donors (Lipinski definition) is 4. The summed E-state index contributed by atoms with van der Waals surface area (Å²) in [7, 11) is -2.51. The van der Waals surface area contributed by atoms with Crippen LogP contribution in [0.3, 0.4) is 0 Å². The summed E-state index contributed by atoms with van der Waals surface area (Å²) >= 11 is 0. The molecule has 0 radical (unpaired) electrons. The van der Waals surface area contributed by atoms with Crippen molar-refractivity contribution in [1.29, 1.82) is 0 Å². The highest BCUT2D eigenvalue weighted by molar-refractivity contribution is 6.71. The standard InChI is InChI=1S/C37H45N5O4Si/c1-25-34(18-15-26-13-16-29(17-14-26)39-36(44)21-28-22-38-32-12-8-7-11-30(28)32)46-35(37(25)47(2,3)45)19-20-42-23-33(40-41-42)31(24-43)27-9-5-4-6-10-27/h4-14,16-17,22-23,25,31,34-35,37-38,43,45H,15,18-21,24H2,1-3H3,(H,39,44)/t25-,31?,34+,35-,37+/m1/s1. The number of aryl methyl sites for hydroxylation is 2. The minimum absolute atomic E-state index is 0.0385. The first-order valence-electron chi connectivity index (χ1n) is 16.6. The monoisotopic (exact) mass is 651 g/mol. The van der Waals surface area contributed by atoms with Gasteiger partial charge in [-0.25, -0.2) is 0 Å². The van der Waals surface area contributed by atoms with Crippen molar-refractivity contribution in [3.05, 3.63) is 114 Å². The summed E-state index contributed by atoms with van der Waals surface area (Å²) in [6.45, 7) is 6.82. The zero-order chi connectivity index (χ0) is 33.0. The van der Waals surface area contributed by atoms with Crippen molar-refractivity contribution in [2.24, 2.45) is 5.92 Å². The van der Waals surface area contributed by atoms with Crippen LogP contribution < -0.4 is 5.32 Å². The molecule has 9 nitrogen and oxygen atoms in total. The van der Waals surface area contributed by atoms with Gasteiger partial charge in [-0.2, -0.15) is 0 Å². The Morgan fingerprint density at radius 3 is 2.51 bits per heavy atom. The minimum atomic E-state index is -2.51. The molecule has 6 rings (SSSR count). The van der Waals surface area contributed by atoms with E-state index in [0.29, 0.717) is 13.0 Å². The van der Waals surface area contributed by atoms with Crippen molar-refractivity contribution in [2.75, 3.05) is 11.9 Å². The van der Waals surface area contributed by atoms with Crippen LogP contribution in [0.5, 0.6) is 0 Å².